The van der Waals surface area contributed by atoms with Crippen LogP contribution in [0.5, 0.6) is 0 Å². The number of aliphatic hydroxyl groups is 1. The van der Waals surface area contributed by atoms with Gasteiger partial charge in [0.25, 0.3) is 0 Å². The van der Waals surface area contributed by atoms with Crippen molar-refractivity contribution in [3.05, 3.63) is 18.2 Å². The molecule has 1 amide bonds. The highest BCUT2D eigenvalue weighted by Crippen LogP contribution is 2.31. The minimum absolute atomic E-state index is 0.186. The van der Waals surface area contributed by atoms with Gasteiger partial charge in [0.1, 0.15) is 11.9 Å². The second-order valence-electron chi connectivity index (χ2n) is 7.91. The lowest BCUT2D eigenvalue weighted by molar-refractivity contribution is -0.139. The van der Waals surface area contributed by atoms with Gasteiger partial charge < -0.3 is 19.5 Å². The molecule has 6 nitrogen and oxygen atoms in total. The standard InChI is InChI=1S/C19H32N4O2/c1-14(2)22-9-6-16(7-10-22)19(25)23-11-4-15(5-12-23)17(24)18-20-8-13-21(18)3/h8,13-17,24H,4-7,9-12H2,1-3H3/t17-/m1/s1. The third kappa shape index (κ3) is 4.06. The van der Waals surface area contributed by atoms with Gasteiger partial charge in [-0.25, -0.2) is 4.98 Å². The fraction of sp³-hybridized carbons (Fsp3) is 0.789. The number of aromatic nitrogens is 2. The number of aliphatic hydroxyl groups excluding tert-OH is 1. The Bertz CT molecular complexity index is 570. The van der Waals surface area contributed by atoms with Gasteiger partial charge in [-0.2, -0.15) is 0 Å². The summed E-state index contributed by atoms with van der Waals surface area (Å²) in [6, 6.07) is 0.569. The lowest BCUT2D eigenvalue weighted by Gasteiger charge is -2.39. The number of carbonyl (C=O) groups is 1. The van der Waals surface area contributed by atoms with Crippen molar-refractivity contribution < 1.29 is 9.90 Å². The van der Waals surface area contributed by atoms with Crippen LogP contribution < -0.4 is 0 Å². The van der Waals surface area contributed by atoms with Crippen molar-refractivity contribution in [2.24, 2.45) is 18.9 Å². The summed E-state index contributed by atoms with van der Waals surface area (Å²) >= 11 is 0. The Hall–Kier alpha value is -1.40. The molecule has 2 aliphatic rings. The number of rotatable bonds is 4. The van der Waals surface area contributed by atoms with Gasteiger partial charge in [-0.1, -0.05) is 0 Å². The molecule has 0 unspecified atom stereocenters. The number of hydrogen-bond donors (Lipinski definition) is 1. The first-order valence-electron chi connectivity index (χ1n) is 9.65. The second-order valence-corrected chi connectivity index (χ2v) is 7.91. The Balaban J connectivity index is 1.49. The molecule has 0 aliphatic carbocycles. The predicted octanol–water partition coefficient (Wildman–Crippen LogP) is 1.81. The van der Waals surface area contributed by atoms with E-state index in [1.807, 2.05) is 22.7 Å². The van der Waals surface area contributed by atoms with E-state index in [1.54, 1.807) is 6.20 Å². The van der Waals surface area contributed by atoms with Crippen LogP contribution in [0, 0.1) is 11.8 Å². The molecule has 2 aliphatic heterocycles. The summed E-state index contributed by atoms with van der Waals surface area (Å²) in [4.78, 5) is 21.6. The maximum Gasteiger partial charge on any atom is 0.225 e. The highest BCUT2D eigenvalue weighted by molar-refractivity contribution is 5.79. The molecule has 6 heteroatoms. The summed E-state index contributed by atoms with van der Waals surface area (Å²) in [6.45, 7) is 8.02. The van der Waals surface area contributed by atoms with Crippen molar-refractivity contribution in [1.29, 1.82) is 0 Å². The minimum Gasteiger partial charge on any atom is -0.385 e. The molecule has 2 saturated heterocycles. The van der Waals surface area contributed by atoms with Gasteiger partial charge in [0.15, 0.2) is 0 Å². The molecule has 0 saturated carbocycles. The van der Waals surface area contributed by atoms with Crippen LogP contribution in [0.3, 0.4) is 0 Å². The Kier molecular flexibility index (Phi) is 5.79. The second kappa shape index (κ2) is 7.87. The first-order valence-corrected chi connectivity index (χ1v) is 9.65. The molecule has 0 radical (unpaired) electrons. The third-order valence-corrected chi connectivity index (χ3v) is 6.03. The number of carbonyl (C=O) groups excluding carboxylic acids is 1. The van der Waals surface area contributed by atoms with E-state index in [0.717, 1.165) is 57.7 Å². The summed E-state index contributed by atoms with van der Waals surface area (Å²) < 4.78 is 1.88. The zero-order valence-electron chi connectivity index (χ0n) is 15.8. The van der Waals surface area contributed by atoms with Crippen LogP contribution in [0.15, 0.2) is 12.4 Å². The topological polar surface area (TPSA) is 61.6 Å². The summed E-state index contributed by atoms with van der Waals surface area (Å²) in [5.41, 5.74) is 0. The highest BCUT2D eigenvalue weighted by Gasteiger charge is 2.34. The summed E-state index contributed by atoms with van der Waals surface area (Å²) in [5, 5.41) is 10.6. The molecule has 1 N–H and O–H groups in total. The predicted molar refractivity (Wildman–Crippen MR) is 96.9 cm³/mol. The summed E-state index contributed by atoms with van der Waals surface area (Å²) in [6.07, 6.45) is 6.71. The van der Waals surface area contributed by atoms with E-state index < -0.39 is 6.10 Å². The van der Waals surface area contributed by atoms with Crippen molar-refractivity contribution in [1.82, 2.24) is 19.4 Å². The van der Waals surface area contributed by atoms with Crippen LogP contribution >= 0.6 is 0 Å². The molecular weight excluding hydrogens is 316 g/mol. The molecule has 0 spiro atoms. The van der Waals surface area contributed by atoms with Crippen molar-refractivity contribution in [2.75, 3.05) is 26.2 Å². The quantitative estimate of drug-likeness (QED) is 0.901. The molecular formula is C19H32N4O2. The van der Waals surface area contributed by atoms with Crippen LogP contribution in [-0.4, -0.2) is 62.6 Å². The van der Waals surface area contributed by atoms with Gasteiger partial charge in [0.2, 0.25) is 5.91 Å². The van der Waals surface area contributed by atoms with Crippen LogP contribution in [0.2, 0.25) is 0 Å². The van der Waals surface area contributed by atoms with Crippen LogP contribution in [-0.2, 0) is 11.8 Å². The number of piperidine rings is 2. The average molecular weight is 348 g/mol. The number of nitrogens with zero attached hydrogens (tertiary/aromatic N) is 4. The number of likely N-dealkylation sites (tertiary alicyclic amines) is 2. The molecule has 2 fully saturated rings. The minimum atomic E-state index is -0.536. The first-order chi connectivity index (χ1) is 12.0. The lowest BCUT2D eigenvalue weighted by atomic mass is 9.88. The molecule has 0 aromatic carbocycles. The van der Waals surface area contributed by atoms with E-state index in [4.69, 9.17) is 0 Å². The molecule has 0 bridgehead atoms. The Morgan fingerprint density at radius 3 is 2.32 bits per heavy atom. The number of aryl methyl sites for hydroxylation is 1. The van der Waals surface area contributed by atoms with Crippen molar-refractivity contribution in [3.63, 3.8) is 0 Å². The Labute approximate surface area is 150 Å². The Morgan fingerprint density at radius 2 is 1.80 bits per heavy atom. The molecule has 3 heterocycles. The molecule has 140 valence electrons. The molecule has 1 aromatic heterocycles. The van der Waals surface area contributed by atoms with Gasteiger partial charge in [-0.05, 0) is 58.5 Å². The van der Waals surface area contributed by atoms with E-state index in [-0.39, 0.29) is 11.8 Å². The molecule has 3 rings (SSSR count). The molecule has 1 aromatic rings. The largest absolute Gasteiger partial charge is 0.385 e. The maximum absolute atomic E-state index is 12.8. The lowest BCUT2D eigenvalue weighted by Crippen LogP contribution is -2.47. The SMILES string of the molecule is CC(C)N1CCC(C(=O)N2CCC([C@@H](O)c3nccn3C)CC2)CC1. The van der Waals surface area contributed by atoms with Gasteiger partial charge in [-0.15, -0.1) is 0 Å². The number of imidazole rings is 1. The van der Waals surface area contributed by atoms with E-state index in [0.29, 0.717) is 11.9 Å². The number of amides is 1. The van der Waals surface area contributed by atoms with Gasteiger partial charge in [0, 0.05) is 44.5 Å². The number of hydrogen-bond acceptors (Lipinski definition) is 4. The van der Waals surface area contributed by atoms with Crippen LogP contribution in [0.25, 0.3) is 0 Å². The zero-order valence-corrected chi connectivity index (χ0v) is 15.8. The molecule has 1 atom stereocenters. The van der Waals surface area contributed by atoms with E-state index in [9.17, 15) is 9.90 Å². The summed E-state index contributed by atoms with van der Waals surface area (Å²) in [7, 11) is 1.91. The molecule has 25 heavy (non-hydrogen) atoms. The zero-order chi connectivity index (χ0) is 18.0. The van der Waals surface area contributed by atoms with Crippen LogP contribution in [0.1, 0.15) is 51.5 Å². The van der Waals surface area contributed by atoms with E-state index in [1.165, 1.54) is 0 Å². The van der Waals surface area contributed by atoms with Crippen molar-refractivity contribution >= 4 is 5.91 Å². The average Bonchev–Trinajstić information content (AvgIpc) is 3.06. The van der Waals surface area contributed by atoms with Gasteiger partial charge in [-0.3, -0.25) is 4.79 Å². The van der Waals surface area contributed by atoms with E-state index in [2.05, 4.69) is 23.7 Å². The first kappa shape index (κ1) is 18.4. The van der Waals surface area contributed by atoms with E-state index >= 15 is 0 Å². The Morgan fingerprint density at radius 1 is 1.16 bits per heavy atom. The fourth-order valence-electron chi connectivity index (χ4n) is 4.23. The normalized spacial score (nSPS) is 22.5. The maximum atomic E-state index is 12.8. The third-order valence-electron chi connectivity index (χ3n) is 6.03. The van der Waals surface area contributed by atoms with Gasteiger partial charge >= 0.3 is 0 Å². The van der Waals surface area contributed by atoms with Crippen LogP contribution in [0.4, 0.5) is 0 Å². The fourth-order valence-corrected chi connectivity index (χ4v) is 4.23. The monoisotopic (exact) mass is 348 g/mol. The highest BCUT2D eigenvalue weighted by atomic mass is 16.3. The smallest absolute Gasteiger partial charge is 0.225 e. The van der Waals surface area contributed by atoms with Crippen molar-refractivity contribution in [2.45, 2.75) is 51.7 Å². The van der Waals surface area contributed by atoms with Crippen molar-refractivity contribution in [3.8, 4) is 0 Å². The summed E-state index contributed by atoms with van der Waals surface area (Å²) in [5.74, 6) is 1.43. The van der Waals surface area contributed by atoms with Gasteiger partial charge in [0.05, 0.1) is 0 Å².